The van der Waals surface area contributed by atoms with E-state index in [1.165, 1.54) is 16.7 Å². The van der Waals surface area contributed by atoms with Crippen molar-refractivity contribution in [2.75, 3.05) is 13.1 Å². The zero-order valence-electron chi connectivity index (χ0n) is 16.4. The van der Waals surface area contributed by atoms with Crippen LogP contribution >= 0.6 is 0 Å². The molecular formula is C23H29NO3. The zero-order valence-corrected chi connectivity index (χ0v) is 16.4. The van der Waals surface area contributed by atoms with E-state index in [-0.39, 0.29) is 12.0 Å². The highest BCUT2D eigenvalue weighted by atomic mass is 16.4. The number of nitrogens with zero attached hydrogens (tertiary/aromatic N) is 1. The minimum absolute atomic E-state index is 0.151. The Kier molecular flexibility index (Phi) is 5.56. The Labute approximate surface area is 161 Å². The van der Waals surface area contributed by atoms with Crippen molar-refractivity contribution < 1.29 is 15.0 Å². The summed E-state index contributed by atoms with van der Waals surface area (Å²) in [5.41, 5.74) is 4.42. The van der Waals surface area contributed by atoms with Crippen molar-refractivity contribution in [3.05, 3.63) is 64.7 Å². The number of rotatable bonds is 6. The number of carbonyl (C=O) groups is 1. The van der Waals surface area contributed by atoms with Crippen LogP contribution in [-0.2, 0) is 23.2 Å². The number of hydrogen-bond acceptors (Lipinski definition) is 3. The van der Waals surface area contributed by atoms with Crippen LogP contribution in [0.5, 0.6) is 5.75 Å². The number of hydrogen-bond donors (Lipinski definition) is 2. The van der Waals surface area contributed by atoms with Crippen LogP contribution < -0.4 is 0 Å². The molecule has 0 spiro atoms. The van der Waals surface area contributed by atoms with Gasteiger partial charge in [0.25, 0.3) is 0 Å². The van der Waals surface area contributed by atoms with E-state index in [9.17, 15) is 9.90 Å². The largest absolute Gasteiger partial charge is 0.508 e. The molecule has 144 valence electrons. The first kappa shape index (κ1) is 19.4. The standard InChI is InChI=1S/C23H29NO3/c1-16(2)15-24-13-12-18-14-20(25)9-10-21(18)23(24,3)19-7-4-17(5-8-19)6-11-22(26)27/h4-5,7-10,14,16,25H,6,11-13,15H2,1-3H3,(H,26,27)/t23-/m1/s1. The summed E-state index contributed by atoms with van der Waals surface area (Å²) in [5.74, 6) is 0.102. The van der Waals surface area contributed by atoms with Gasteiger partial charge in [0.2, 0.25) is 0 Å². The zero-order chi connectivity index (χ0) is 19.6. The van der Waals surface area contributed by atoms with Gasteiger partial charge in [0.1, 0.15) is 5.75 Å². The minimum Gasteiger partial charge on any atom is -0.508 e. The molecule has 2 N–H and O–H groups in total. The lowest BCUT2D eigenvalue weighted by Gasteiger charge is -2.47. The SMILES string of the molecule is CC(C)CN1CCc2cc(O)ccc2[C@@]1(C)c1ccc(CCC(=O)O)cc1. The minimum atomic E-state index is -0.768. The summed E-state index contributed by atoms with van der Waals surface area (Å²) in [6, 6.07) is 14.1. The van der Waals surface area contributed by atoms with Gasteiger partial charge >= 0.3 is 5.97 Å². The Morgan fingerprint density at radius 2 is 1.89 bits per heavy atom. The maximum atomic E-state index is 10.8. The molecule has 1 aliphatic heterocycles. The number of aryl methyl sites for hydroxylation is 1. The lowest BCUT2D eigenvalue weighted by Crippen LogP contribution is -2.50. The van der Waals surface area contributed by atoms with Crippen LogP contribution in [0.2, 0.25) is 0 Å². The molecule has 0 aliphatic carbocycles. The summed E-state index contributed by atoms with van der Waals surface area (Å²) in [4.78, 5) is 13.4. The molecule has 0 radical (unpaired) electrons. The Bertz CT molecular complexity index is 813. The molecule has 1 atom stereocenters. The molecule has 0 aromatic heterocycles. The van der Waals surface area contributed by atoms with Gasteiger partial charge < -0.3 is 10.2 Å². The molecule has 0 unspecified atom stereocenters. The van der Waals surface area contributed by atoms with E-state index >= 15 is 0 Å². The van der Waals surface area contributed by atoms with Gasteiger partial charge in [-0.1, -0.05) is 44.2 Å². The van der Waals surface area contributed by atoms with E-state index in [2.05, 4.69) is 43.9 Å². The van der Waals surface area contributed by atoms with Gasteiger partial charge in [-0.15, -0.1) is 0 Å². The number of phenols is 1. The van der Waals surface area contributed by atoms with Crippen LogP contribution in [0.15, 0.2) is 42.5 Å². The fraction of sp³-hybridized carbons (Fsp3) is 0.435. The Morgan fingerprint density at radius 3 is 2.52 bits per heavy atom. The predicted octanol–water partition coefficient (Wildman–Crippen LogP) is 4.19. The Morgan fingerprint density at radius 1 is 1.19 bits per heavy atom. The number of aliphatic carboxylic acids is 1. The molecule has 0 fully saturated rings. The van der Waals surface area contributed by atoms with Crippen molar-refractivity contribution >= 4 is 5.97 Å². The van der Waals surface area contributed by atoms with E-state index in [4.69, 9.17) is 5.11 Å². The lowest BCUT2D eigenvalue weighted by atomic mass is 9.76. The summed E-state index contributed by atoms with van der Waals surface area (Å²) in [7, 11) is 0. The van der Waals surface area contributed by atoms with Gasteiger partial charge in [0.15, 0.2) is 0 Å². The topological polar surface area (TPSA) is 60.8 Å². The Balaban J connectivity index is 2.01. The summed E-state index contributed by atoms with van der Waals surface area (Å²) < 4.78 is 0. The average molecular weight is 367 g/mol. The second-order valence-electron chi connectivity index (χ2n) is 8.09. The number of phenolic OH excluding ortho intramolecular Hbond substituents is 1. The fourth-order valence-electron chi connectivity index (χ4n) is 4.21. The van der Waals surface area contributed by atoms with Gasteiger partial charge in [-0.3, -0.25) is 9.69 Å². The summed E-state index contributed by atoms with van der Waals surface area (Å²) >= 11 is 0. The average Bonchev–Trinajstić information content (AvgIpc) is 2.62. The van der Waals surface area contributed by atoms with E-state index in [1.54, 1.807) is 6.07 Å². The molecule has 2 aromatic rings. The van der Waals surface area contributed by atoms with Crippen molar-refractivity contribution in [2.24, 2.45) is 5.92 Å². The summed E-state index contributed by atoms with van der Waals surface area (Å²) in [6.07, 6.45) is 1.63. The highest BCUT2D eigenvalue weighted by Gasteiger charge is 2.40. The van der Waals surface area contributed by atoms with Crippen LogP contribution in [0.3, 0.4) is 0 Å². The smallest absolute Gasteiger partial charge is 0.303 e. The maximum absolute atomic E-state index is 10.8. The quantitative estimate of drug-likeness (QED) is 0.804. The number of carboxylic acid groups (broad SMARTS) is 1. The van der Waals surface area contributed by atoms with Crippen LogP contribution in [0, 0.1) is 5.92 Å². The first-order chi connectivity index (χ1) is 12.8. The van der Waals surface area contributed by atoms with Crippen molar-refractivity contribution in [1.29, 1.82) is 0 Å². The molecule has 4 heteroatoms. The molecule has 0 amide bonds. The summed E-state index contributed by atoms with van der Waals surface area (Å²) in [5, 5.41) is 18.8. The number of benzene rings is 2. The number of carboxylic acids is 1. The molecule has 3 rings (SSSR count). The van der Waals surface area contributed by atoms with E-state index in [0.717, 1.165) is 25.1 Å². The van der Waals surface area contributed by atoms with E-state index in [1.807, 2.05) is 18.2 Å². The van der Waals surface area contributed by atoms with Crippen LogP contribution in [0.4, 0.5) is 0 Å². The third-order valence-electron chi connectivity index (χ3n) is 5.63. The molecule has 0 saturated carbocycles. The third-order valence-corrected chi connectivity index (χ3v) is 5.63. The first-order valence-electron chi connectivity index (χ1n) is 9.69. The second-order valence-corrected chi connectivity index (χ2v) is 8.09. The fourth-order valence-corrected chi connectivity index (χ4v) is 4.21. The second kappa shape index (κ2) is 7.73. The van der Waals surface area contributed by atoms with Crippen molar-refractivity contribution in [3.63, 3.8) is 0 Å². The summed E-state index contributed by atoms with van der Waals surface area (Å²) in [6.45, 7) is 8.68. The molecule has 1 heterocycles. The van der Waals surface area contributed by atoms with Gasteiger partial charge in [-0.25, -0.2) is 0 Å². The van der Waals surface area contributed by atoms with Crippen LogP contribution in [0.25, 0.3) is 0 Å². The number of aromatic hydroxyl groups is 1. The Hall–Kier alpha value is -2.33. The lowest BCUT2D eigenvalue weighted by molar-refractivity contribution is -0.136. The predicted molar refractivity (Wildman–Crippen MR) is 107 cm³/mol. The van der Waals surface area contributed by atoms with Crippen LogP contribution in [-0.4, -0.2) is 34.2 Å². The van der Waals surface area contributed by atoms with Crippen molar-refractivity contribution in [2.45, 2.75) is 45.6 Å². The van der Waals surface area contributed by atoms with Gasteiger partial charge in [0, 0.05) is 19.5 Å². The van der Waals surface area contributed by atoms with Crippen molar-refractivity contribution in [3.8, 4) is 5.75 Å². The highest BCUT2D eigenvalue weighted by Crippen LogP contribution is 2.42. The third kappa shape index (κ3) is 4.01. The molecule has 4 nitrogen and oxygen atoms in total. The normalized spacial score (nSPS) is 19.9. The molecule has 0 saturated heterocycles. The van der Waals surface area contributed by atoms with Crippen molar-refractivity contribution in [1.82, 2.24) is 4.90 Å². The van der Waals surface area contributed by atoms with Gasteiger partial charge in [0.05, 0.1) is 5.54 Å². The molecule has 27 heavy (non-hydrogen) atoms. The molecule has 2 aromatic carbocycles. The van der Waals surface area contributed by atoms with Crippen LogP contribution in [0.1, 0.15) is 49.4 Å². The van der Waals surface area contributed by atoms with E-state index in [0.29, 0.717) is 18.1 Å². The molecule has 0 bridgehead atoms. The highest BCUT2D eigenvalue weighted by molar-refractivity contribution is 5.67. The molecular weight excluding hydrogens is 338 g/mol. The molecule has 1 aliphatic rings. The maximum Gasteiger partial charge on any atom is 0.303 e. The number of fused-ring (bicyclic) bond motifs is 1. The van der Waals surface area contributed by atoms with E-state index < -0.39 is 5.97 Å². The first-order valence-corrected chi connectivity index (χ1v) is 9.69. The van der Waals surface area contributed by atoms with Gasteiger partial charge in [-0.05, 0) is 60.1 Å². The van der Waals surface area contributed by atoms with Gasteiger partial charge in [-0.2, -0.15) is 0 Å². The monoisotopic (exact) mass is 367 g/mol.